The molecule has 9 heteroatoms. The summed E-state index contributed by atoms with van der Waals surface area (Å²) >= 11 is 0. The second-order valence-corrected chi connectivity index (χ2v) is 12.8. The van der Waals surface area contributed by atoms with E-state index in [-0.39, 0.29) is 56.2 Å². The van der Waals surface area contributed by atoms with Crippen molar-refractivity contribution in [2.45, 2.75) is 133 Å². The highest BCUT2D eigenvalue weighted by molar-refractivity contribution is 5.70. The van der Waals surface area contributed by atoms with Gasteiger partial charge in [0, 0.05) is 57.5 Å². The summed E-state index contributed by atoms with van der Waals surface area (Å²) in [5.74, 6) is -1.66. The molecule has 2 N–H and O–H groups in total. The van der Waals surface area contributed by atoms with Crippen LogP contribution in [0.4, 0.5) is 0 Å². The second kappa shape index (κ2) is 12.8. The maximum absolute atomic E-state index is 11.6. The van der Waals surface area contributed by atoms with Crippen molar-refractivity contribution >= 4 is 5.97 Å². The van der Waals surface area contributed by atoms with Crippen LogP contribution in [0.3, 0.4) is 0 Å². The maximum Gasteiger partial charge on any atom is 0.332 e. The normalized spacial score (nSPS) is 39.4. The van der Waals surface area contributed by atoms with Gasteiger partial charge in [0.2, 0.25) is 0 Å². The van der Waals surface area contributed by atoms with Gasteiger partial charge in [-0.05, 0) is 32.6 Å². The molecule has 39 heavy (non-hydrogen) atoms. The zero-order chi connectivity index (χ0) is 28.3. The lowest BCUT2D eigenvalue weighted by atomic mass is 9.79. The van der Waals surface area contributed by atoms with Crippen molar-refractivity contribution in [1.29, 1.82) is 0 Å². The van der Waals surface area contributed by atoms with Gasteiger partial charge >= 0.3 is 5.97 Å². The van der Waals surface area contributed by atoms with Crippen LogP contribution in [0, 0.1) is 11.8 Å². The molecule has 3 aliphatic heterocycles. The number of hydrogen-bond donors (Lipinski definition) is 2. The Morgan fingerprint density at radius 3 is 2.54 bits per heavy atom. The third-order valence-electron chi connectivity index (χ3n) is 8.89. The Balaban J connectivity index is 1.38. The number of aliphatic hydroxyl groups excluding tert-OH is 1. The summed E-state index contributed by atoms with van der Waals surface area (Å²) in [6.45, 7) is 11.3. The van der Waals surface area contributed by atoms with Crippen LogP contribution in [0.15, 0.2) is 12.2 Å². The lowest BCUT2D eigenvalue weighted by Gasteiger charge is -2.52. The van der Waals surface area contributed by atoms with Gasteiger partial charge in [0.15, 0.2) is 11.6 Å². The first-order valence-corrected chi connectivity index (χ1v) is 14.8. The molecule has 4 rings (SSSR count). The Kier molecular flexibility index (Phi) is 10.2. The van der Waals surface area contributed by atoms with Crippen LogP contribution in [0.2, 0.25) is 0 Å². The summed E-state index contributed by atoms with van der Waals surface area (Å²) in [6.07, 6.45) is 6.49. The second-order valence-electron chi connectivity index (χ2n) is 12.8. The zero-order valence-corrected chi connectivity index (χ0v) is 24.3. The molecule has 0 aromatic carbocycles. The smallest absolute Gasteiger partial charge is 0.332 e. The first-order valence-electron chi connectivity index (χ1n) is 14.8. The van der Waals surface area contributed by atoms with E-state index in [9.17, 15) is 15.0 Å². The topological polar surface area (TPSA) is 113 Å². The molecule has 1 aliphatic carbocycles. The number of methoxy groups -OCH3 is 1. The van der Waals surface area contributed by atoms with Crippen molar-refractivity contribution in [2.75, 3.05) is 26.9 Å². The summed E-state index contributed by atoms with van der Waals surface area (Å²) in [7, 11) is 1.44. The van der Waals surface area contributed by atoms with Gasteiger partial charge in [-0.3, -0.25) is 0 Å². The molecule has 224 valence electrons. The molecule has 3 saturated heterocycles. The van der Waals surface area contributed by atoms with E-state index in [1.165, 1.54) is 13.5 Å². The molecule has 4 fully saturated rings. The fourth-order valence-corrected chi connectivity index (χ4v) is 7.05. The Morgan fingerprint density at radius 1 is 1.10 bits per heavy atom. The van der Waals surface area contributed by atoms with E-state index in [0.29, 0.717) is 32.3 Å². The van der Waals surface area contributed by atoms with Crippen LogP contribution in [0.5, 0.6) is 0 Å². The van der Waals surface area contributed by atoms with E-state index >= 15 is 0 Å². The van der Waals surface area contributed by atoms with E-state index in [2.05, 4.69) is 20.4 Å². The number of ether oxygens (including phenoxy) is 6. The van der Waals surface area contributed by atoms with Crippen molar-refractivity contribution < 1.29 is 43.4 Å². The summed E-state index contributed by atoms with van der Waals surface area (Å²) < 4.78 is 35.9. The molecule has 4 aliphatic rings. The number of hydrogen-bond acceptors (Lipinski definition) is 9. The number of esters is 1. The predicted octanol–water partition coefficient (Wildman–Crippen LogP) is 4.03. The molecular weight excluding hydrogens is 504 g/mol. The highest BCUT2D eigenvalue weighted by Gasteiger charge is 2.52. The van der Waals surface area contributed by atoms with Gasteiger partial charge in [-0.25, -0.2) is 4.79 Å². The van der Waals surface area contributed by atoms with E-state index < -0.39 is 29.2 Å². The maximum atomic E-state index is 11.6. The fourth-order valence-electron chi connectivity index (χ4n) is 7.05. The Morgan fingerprint density at radius 2 is 1.82 bits per heavy atom. The molecule has 0 unspecified atom stereocenters. The molecule has 0 aromatic heterocycles. The van der Waals surface area contributed by atoms with Crippen molar-refractivity contribution in [3.05, 3.63) is 12.2 Å². The van der Waals surface area contributed by atoms with Crippen molar-refractivity contribution in [3.63, 3.8) is 0 Å². The molecule has 2 spiro atoms. The lowest BCUT2D eigenvalue weighted by molar-refractivity contribution is -0.350. The standard InChI is InChI=1S/C30H50O9/c1-20(22(3)27-21(2)17-36-29(39-27)10-7-6-8-11-29)13-25-16-28(4,33)19-30(38-25)15-23(31)14-24(37-30)9-12-35-26(32)18-34-5/h21-25,27,31,33H,1,6-19H2,2-5H3/t21-,22-,23+,24+,25+,27-,28+,30-/m1/s1. The van der Waals surface area contributed by atoms with Crippen LogP contribution in [-0.2, 0) is 33.2 Å². The molecule has 0 radical (unpaired) electrons. The van der Waals surface area contributed by atoms with Crippen molar-refractivity contribution in [2.24, 2.45) is 11.8 Å². The van der Waals surface area contributed by atoms with Gasteiger partial charge in [0.25, 0.3) is 0 Å². The van der Waals surface area contributed by atoms with E-state index in [0.717, 1.165) is 31.3 Å². The Hall–Kier alpha value is -1.07. The van der Waals surface area contributed by atoms with Gasteiger partial charge in [0.05, 0.1) is 43.2 Å². The third-order valence-corrected chi connectivity index (χ3v) is 8.89. The zero-order valence-electron chi connectivity index (χ0n) is 24.3. The van der Waals surface area contributed by atoms with E-state index in [1.54, 1.807) is 6.92 Å². The number of rotatable bonds is 9. The molecule has 0 amide bonds. The minimum atomic E-state index is -1.11. The van der Waals surface area contributed by atoms with Gasteiger partial charge in [-0.2, -0.15) is 0 Å². The summed E-state index contributed by atoms with van der Waals surface area (Å²) in [6, 6.07) is 0. The Labute approximate surface area is 233 Å². The summed E-state index contributed by atoms with van der Waals surface area (Å²) in [5.41, 5.74) is 0.00340. The van der Waals surface area contributed by atoms with Crippen LogP contribution >= 0.6 is 0 Å². The SMILES string of the molecule is C=C(C[C@H]1C[C@](C)(O)C[C@@]2(C[C@@H](O)C[C@H](CCOC(=O)COC)O2)O1)[C@@H](C)[C@@H]1OC2(CCCCC2)OC[C@H]1C. The molecule has 0 bridgehead atoms. The van der Waals surface area contributed by atoms with Gasteiger partial charge in [-0.15, -0.1) is 0 Å². The average molecular weight is 555 g/mol. The summed E-state index contributed by atoms with van der Waals surface area (Å²) in [5, 5.41) is 22.0. The van der Waals surface area contributed by atoms with Gasteiger partial charge in [0.1, 0.15) is 6.61 Å². The monoisotopic (exact) mass is 554 g/mol. The molecule has 3 heterocycles. The van der Waals surface area contributed by atoms with Gasteiger partial charge in [-0.1, -0.05) is 32.4 Å². The first kappa shape index (κ1) is 30.9. The van der Waals surface area contributed by atoms with Crippen molar-refractivity contribution in [3.8, 4) is 0 Å². The van der Waals surface area contributed by atoms with E-state index in [4.69, 9.17) is 28.4 Å². The highest BCUT2D eigenvalue weighted by atomic mass is 16.7. The fraction of sp³-hybridized carbons (Fsp3) is 0.900. The van der Waals surface area contributed by atoms with Crippen LogP contribution in [0.25, 0.3) is 0 Å². The predicted molar refractivity (Wildman–Crippen MR) is 144 cm³/mol. The Bertz CT molecular complexity index is 838. The van der Waals surface area contributed by atoms with Crippen LogP contribution in [-0.4, -0.2) is 84.7 Å². The summed E-state index contributed by atoms with van der Waals surface area (Å²) in [4.78, 5) is 11.6. The first-order chi connectivity index (χ1) is 18.4. The minimum absolute atomic E-state index is 0.0142. The average Bonchev–Trinajstić information content (AvgIpc) is 2.84. The van der Waals surface area contributed by atoms with Crippen LogP contribution < -0.4 is 0 Å². The number of carbonyl (C=O) groups excluding carboxylic acids is 1. The quantitative estimate of drug-likeness (QED) is 0.322. The lowest BCUT2D eigenvalue weighted by Crippen LogP contribution is -2.58. The van der Waals surface area contributed by atoms with Gasteiger partial charge < -0.3 is 38.6 Å². The minimum Gasteiger partial charge on any atom is -0.464 e. The third kappa shape index (κ3) is 8.03. The molecule has 8 atom stereocenters. The molecular formula is C30H50O9. The van der Waals surface area contributed by atoms with E-state index in [1.807, 2.05) is 0 Å². The van der Waals surface area contributed by atoms with Crippen molar-refractivity contribution in [1.82, 2.24) is 0 Å². The highest BCUT2D eigenvalue weighted by Crippen LogP contribution is 2.46. The molecule has 9 nitrogen and oxygen atoms in total. The molecule has 0 aromatic rings. The van der Waals surface area contributed by atoms with Crippen LogP contribution in [0.1, 0.15) is 91.4 Å². The molecule has 1 saturated carbocycles. The largest absolute Gasteiger partial charge is 0.464 e. The number of aliphatic hydroxyl groups is 2. The number of carbonyl (C=O) groups is 1.